The van der Waals surface area contributed by atoms with Crippen molar-refractivity contribution in [3.8, 4) is 11.4 Å². The predicted molar refractivity (Wildman–Crippen MR) is 190 cm³/mol. The van der Waals surface area contributed by atoms with Gasteiger partial charge in [0, 0.05) is 68.1 Å². The van der Waals surface area contributed by atoms with E-state index in [4.69, 9.17) is 9.72 Å². The number of aromatic nitrogens is 3. The van der Waals surface area contributed by atoms with Gasteiger partial charge in [-0.05, 0) is 53.9 Å². The van der Waals surface area contributed by atoms with E-state index in [9.17, 15) is 27.5 Å². The number of pyridine rings is 3. The van der Waals surface area contributed by atoms with Gasteiger partial charge in [-0.15, -0.1) is 4.40 Å². The number of cyclic esters (lactones) is 1. The number of rotatable bonds is 7. The number of halogens is 1. The SMILES string of the molecule is CC[C@@]1(O)C(=O)OCc2c1cc1n(c2=O)Cc2c-1nc1ccccc1c2CN1CCN(/C(Cc2ccc(F)cc2)=N\S(=O)(=O)c2cccnc2)CC1. The number of ether oxygens (including phenoxy) is 1. The standard InChI is InChI=1S/C38H35FN6O6S/c1-2-38(48)31-19-33-35-29(22-45(33)36(46)30(31)23-51-37(38)47)28(27-7-3-4-8-32(27)41-35)21-43-14-16-44(17-15-43)34(18-24-9-11-25(39)12-10-24)42-52(49,50)26-6-5-13-40-20-26/h3-13,19-20,48H,2,14-18,21-23H2,1H3/b42-34-/t38-/m0/s1. The first-order valence-corrected chi connectivity index (χ1v) is 18.5. The van der Waals surface area contributed by atoms with Crippen LogP contribution < -0.4 is 5.56 Å². The van der Waals surface area contributed by atoms with Crippen molar-refractivity contribution >= 4 is 32.7 Å². The summed E-state index contributed by atoms with van der Waals surface area (Å²) < 4.78 is 51.6. The summed E-state index contributed by atoms with van der Waals surface area (Å²) in [6.07, 6.45) is 3.02. The summed E-state index contributed by atoms with van der Waals surface area (Å²) >= 11 is 0. The van der Waals surface area contributed by atoms with Crippen molar-refractivity contribution in [2.24, 2.45) is 4.40 Å². The lowest BCUT2D eigenvalue weighted by atomic mass is 9.86. The second kappa shape index (κ2) is 13.0. The number of sulfonamides is 1. The van der Waals surface area contributed by atoms with E-state index in [1.165, 1.54) is 30.6 Å². The molecule has 0 radical (unpaired) electrons. The molecule has 14 heteroatoms. The first kappa shape index (κ1) is 33.8. The lowest BCUT2D eigenvalue weighted by molar-refractivity contribution is -0.172. The Hall–Kier alpha value is -5.31. The van der Waals surface area contributed by atoms with Gasteiger partial charge in [-0.1, -0.05) is 37.3 Å². The summed E-state index contributed by atoms with van der Waals surface area (Å²) in [7, 11) is -4.06. The minimum Gasteiger partial charge on any atom is -0.458 e. The average Bonchev–Trinajstić information content (AvgIpc) is 3.53. The van der Waals surface area contributed by atoms with E-state index in [0.717, 1.165) is 27.6 Å². The normalized spacial score (nSPS) is 18.9. The molecule has 0 aliphatic carbocycles. The highest BCUT2D eigenvalue weighted by Crippen LogP contribution is 2.40. The summed E-state index contributed by atoms with van der Waals surface area (Å²) in [6, 6.07) is 18.5. The number of hydrogen-bond acceptors (Lipinski definition) is 9. The fourth-order valence-electron chi connectivity index (χ4n) is 7.36. The molecule has 266 valence electrons. The van der Waals surface area contributed by atoms with Gasteiger partial charge in [-0.25, -0.2) is 14.2 Å². The molecule has 0 spiro atoms. The summed E-state index contributed by atoms with van der Waals surface area (Å²) in [5.41, 5.74) is 2.90. The van der Waals surface area contributed by atoms with E-state index in [2.05, 4.69) is 14.3 Å². The number of fused-ring (bicyclic) bond motifs is 5. The zero-order chi connectivity index (χ0) is 36.2. The summed E-state index contributed by atoms with van der Waals surface area (Å²) in [6.45, 7) is 4.46. The molecule has 6 heterocycles. The molecule has 0 unspecified atom stereocenters. The van der Waals surface area contributed by atoms with Crippen molar-refractivity contribution < 1.29 is 27.4 Å². The third-order valence-electron chi connectivity index (χ3n) is 10.3. The highest BCUT2D eigenvalue weighted by atomic mass is 32.2. The van der Waals surface area contributed by atoms with E-state index in [-0.39, 0.29) is 53.4 Å². The van der Waals surface area contributed by atoms with Crippen LogP contribution in [0.5, 0.6) is 0 Å². The van der Waals surface area contributed by atoms with Crippen molar-refractivity contribution in [3.63, 3.8) is 0 Å². The van der Waals surface area contributed by atoms with Crippen LogP contribution >= 0.6 is 0 Å². The van der Waals surface area contributed by atoms with Crippen LogP contribution in [-0.2, 0) is 51.3 Å². The molecule has 3 aliphatic heterocycles. The molecule has 3 aliphatic rings. The van der Waals surface area contributed by atoms with Crippen LogP contribution in [0.3, 0.4) is 0 Å². The van der Waals surface area contributed by atoms with Gasteiger partial charge in [0.05, 0.1) is 29.0 Å². The van der Waals surface area contributed by atoms with Gasteiger partial charge >= 0.3 is 5.97 Å². The number of carbonyl (C=O) groups excluding carboxylic acids is 1. The Kier molecular flexibility index (Phi) is 8.47. The Morgan fingerprint density at radius 1 is 1.02 bits per heavy atom. The number of hydrogen-bond donors (Lipinski definition) is 1. The number of carbonyl (C=O) groups is 1. The monoisotopic (exact) mass is 722 g/mol. The van der Waals surface area contributed by atoms with Gasteiger partial charge in [0.25, 0.3) is 15.6 Å². The quantitative estimate of drug-likeness (QED) is 0.147. The molecule has 1 fully saturated rings. The molecule has 1 saturated heterocycles. The Bertz CT molecular complexity index is 2430. The zero-order valence-corrected chi connectivity index (χ0v) is 29.1. The fraction of sp³-hybridized carbons (Fsp3) is 0.289. The van der Waals surface area contributed by atoms with Crippen LogP contribution in [0.2, 0.25) is 0 Å². The maximum absolute atomic E-state index is 13.9. The van der Waals surface area contributed by atoms with Gasteiger partial charge in [0.15, 0.2) is 5.60 Å². The first-order valence-electron chi connectivity index (χ1n) is 17.1. The Morgan fingerprint density at radius 3 is 2.52 bits per heavy atom. The lowest BCUT2D eigenvalue weighted by Gasteiger charge is -2.37. The summed E-state index contributed by atoms with van der Waals surface area (Å²) in [5, 5.41) is 12.3. The molecule has 0 bridgehead atoms. The van der Waals surface area contributed by atoms with Crippen molar-refractivity contribution in [2.75, 3.05) is 26.2 Å². The van der Waals surface area contributed by atoms with Crippen LogP contribution in [0.25, 0.3) is 22.3 Å². The van der Waals surface area contributed by atoms with Crippen LogP contribution in [0.4, 0.5) is 4.39 Å². The van der Waals surface area contributed by atoms with Gasteiger partial charge in [0.1, 0.15) is 23.2 Å². The third kappa shape index (κ3) is 5.86. The molecule has 1 atom stereocenters. The first-order chi connectivity index (χ1) is 25.1. The topological polar surface area (TPSA) is 147 Å². The smallest absolute Gasteiger partial charge is 0.343 e. The fourth-order valence-corrected chi connectivity index (χ4v) is 8.37. The van der Waals surface area contributed by atoms with Gasteiger partial charge in [-0.2, -0.15) is 8.42 Å². The Labute approximate surface area is 298 Å². The highest BCUT2D eigenvalue weighted by molar-refractivity contribution is 7.90. The van der Waals surface area contributed by atoms with Crippen LogP contribution in [0.1, 0.15) is 41.2 Å². The number of aliphatic hydroxyl groups is 1. The molecule has 5 aromatic rings. The second-order valence-corrected chi connectivity index (χ2v) is 14.9. The van der Waals surface area contributed by atoms with Crippen molar-refractivity contribution in [3.05, 3.63) is 123 Å². The summed E-state index contributed by atoms with van der Waals surface area (Å²) in [4.78, 5) is 39.7. The number of para-hydroxylation sites is 1. The third-order valence-corrected chi connectivity index (χ3v) is 11.6. The molecular weight excluding hydrogens is 688 g/mol. The maximum atomic E-state index is 13.9. The van der Waals surface area contributed by atoms with Crippen molar-refractivity contribution in [1.29, 1.82) is 0 Å². The van der Waals surface area contributed by atoms with E-state index in [0.29, 0.717) is 49.9 Å². The second-order valence-electron chi connectivity index (χ2n) is 13.3. The molecule has 52 heavy (non-hydrogen) atoms. The van der Waals surface area contributed by atoms with E-state index >= 15 is 0 Å². The largest absolute Gasteiger partial charge is 0.458 e. The van der Waals surface area contributed by atoms with Gasteiger partial charge in [0.2, 0.25) is 0 Å². The highest BCUT2D eigenvalue weighted by Gasteiger charge is 2.45. The lowest BCUT2D eigenvalue weighted by Crippen LogP contribution is -2.49. The molecule has 3 aromatic heterocycles. The number of piperazine rings is 1. The maximum Gasteiger partial charge on any atom is 0.343 e. The molecule has 8 rings (SSSR count). The van der Waals surface area contributed by atoms with Gasteiger partial charge in [-0.3, -0.25) is 14.7 Å². The van der Waals surface area contributed by atoms with Crippen molar-refractivity contribution in [2.45, 2.75) is 50.0 Å². The van der Waals surface area contributed by atoms with Gasteiger partial charge < -0.3 is 19.3 Å². The number of benzene rings is 2. The Morgan fingerprint density at radius 2 is 1.79 bits per heavy atom. The molecular formula is C38H35FN6O6S. The van der Waals surface area contributed by atoms with E-state index in [1.807, 2.05) is 29.2 Å². The number of esters is 1. The molecule has 12 nitrogen and oxygen atoms in total. The molecule has 0 amide bonds. The predicted octanol–water partition coefficient (Wildman–Crippen LogP) is 3.76. The van der Waals surface area contributed by atoms with E-state index < -0.39 is 21.6 Å². The molecule has 1 N–H and O–H groups in total. The van der Waals surface area contributed by atoms with Crippen LogP contribution in [0.15, 0.2) is 93.2 Å². The number of nitrogens with zero attached hydrogens (tertiary/aromatic N) is 6. The molecule has 0 saturated carbocycles. The summed E-state index contributed by atoms with van der Waals surface area (Å²) in [5.74, 6) is -0.788. The minimum atomic E-state index is -4.06. The van der Waals surface area contributed by atoms with E-state index in [1.54, 1.807) is 35.8 Å². The van der Waals surface area contributed by atoms with Crippen molar-refractivity contribution in [1.82, 2.24) is 24.3 Å². The minimum absolute atomic E-state index is 0.0110. The molecule has 2 aromatic carbocycles. The zero-order valence-electron chi connectivity index (χ0n) is 28.3. The van der Waals surface area contributed by atoms with Crippen LogP contribution in [-0.4, -0.2) is 75.8 Å². The average molecular weight is 723 g/mol. The van der Waals surface area contributed by atoms with Crippen LogP contribution in [0, 0.1) is 5.82 Å². The Balaban J connectivity index is 1.10. The number of amidine groups is 1.